The van der Waals surface area contributed by atoms with Crippen molar-refractivity contribution in [3.05, 3.63) is 58.9 Å². The van der Waals surface area contributed by atoms with Crippen molar-refractivity contribution >= 4 is 33.7 Å². The number of aromatic nitrogens is 2. The Bertz CT molecular complexity index is 1020. The Labute approximate surface area is 132 Å². The van der Waals surface area contributed by atoms with Gasteiger partial charge < -0.3 is 4.42 Å². The number of furan rings is 1. The first-order chi connectivity index (χ1) is 10.6. The van der Waals surface area contributed by atoms with Crippen molar-refractivity contribution in [3.63, 3.8) is 0 Å². The van der Waals surface area contributed by atoms with E-state index in [1.807, 2.05) is 50.2 Å². The van der Waals surface area contributed by atoms with Crippen LogP contribution in [-0.4, -0.2) is 9.97 Å². The summed E-state index contributed by atoms with van der Waals surface area (Å²) < 4.78 is 5.99. The summed E-state index contributed by atoms with van der Waals surface area (Å²) >= 11 is 6.23. The maximum Gasteiger partial charge on any atom is 0.227 e. The quantitative estimate of drug-likeness (QED) is 0.478. The Hall–Kier alpha value is -2.39. The van der Waals surface area contributed by atoms with Crippen molar-refractivity contribution < 1.29 is 4.42 Å². The van der Waals surface area contributed by atoms with Crippen LogP contribution in [0.4, 0.5) is 0 Å². The Morgan fingerprint density at radius 3 is 2.73 bits per heavy atom. The Morgan fingerprint density at radius 1 is 1.05 bits per heavy atom. The van der Waals surface area contributed by atoms with Crippen molar-refractivity contribution in [1.29, 1.82) is 0 Å². The largest absolute Gasteiger partial charge is 0.437 e. The molecule has 3 nitrogen and oxygen atoms in total. The van der Waals surface area contributed by atoms with Crippen LogP contribution in [0.2, 0.25) is 5.02 Å². The van der Waals surface area contributed by atoms with E-state index in [2.05, 4.69) is 9.97 Å². The predicted octanol–water partition coefficient (Wildman–Crippen LogP) is 5.31. The highest BCUT2D eigenvalue weighted by Gasteiger charge is 2.14. The third kappa shape index (κ3) is 1.97. The molecule has 0 unspecified atom stereocenters. The highest BCUT2D eigenvalue weighted by Crippen LogP contribution is 2.35. The second kappa shape index (κ2) is 4.82. The third-order valence-corrected chi connectivity index (χ3v) is 4.22. The van der Waals surface area contributed by atoms with E-state index in [9.17, 15) is 0 Å². The summed E-state index contributed by atoms with van der Waals surface area (Å²) in [4.78, 5) is 8.95. The molecule has 0 spiro atoms. The summed E-state index contributed by atoms with van der Waals surface area (Å²) in [5, 5.41) is 2.76. The fourth-order valence-corrected chi connectivity index (χ4v) is 2.77. The Morgan fingerprint density at radius 2 is 1.91 bits per heavy atom. The van der Waals surface area contributed by atoms with Crippen LogP contribution in [0.1, 0.15) is 11.3 Å². The second-order valence-electron chi connectivity index (χ2n) is 5.41. The average molecular weight is 309 g/mol. The maximum absolute atomic E-state index is 6.23. The van der Waals surface area contributed by atoms with Gasteiger partial charge in [0.15, 0.2) is 0 Å². The molecule has 4 heteroatoms. The van der Waals surface area contributed by atoms with Gasteiger partial charge in [0.05, 0.1) is 5.69 Å². The zero-order valence-corrected chi connectivity index (χ0v) is 13.0. The van der Waals surface area contributed by atoms with Gasteiger partial charge in [0.25, 0.3) is 0 Å². The second-order valence-corrected chi connectivity index (χ2v) is 5.82. The smallest absolute Gasteiger partial charge is 0.227 e. The van der Waals surface area contributed by atoms with E-state index in [4.69, 9.17) is 16.0 Å². The van der Waals surface area contributed by atoms with Crippen LogP contribution in [0.5, 0.6) is 0 Å². The summed E-state index contributed by atoms with van der Waals surface area (Å²) in [6.07, 6.45) is 1.78. The number of hydrogen-bond acceptors (Lipinski definition) is 3. The molecule has 0 aliphatic rings. The molecule has 0 N–H and O–H groups in total. The molecule has 108 valence electrons. The van der Waals surface area contributed by atoms with E-state index in [0.29, 0.717) is 10.7 Å². The molecule has 22 heavy (non-hydrogen) atoms. The molecule has 4 aromatic rings. The number of fused-ring (bicyclic) bond motifs is 3. The summed E-state index contributed by atoms with van der Waals surface area (Å²) in [6, 6.07) is 11.9. The number of hydrogen-bond donors (Lipinski definition) is 0. The van der Waals surface area contributed by atoms with Crippen molar-refractivity contribution in [2.24, 2.45) is 0 Å². The molecule has 0 aliphatic carbocycles. The van der Waals surface area contributed by atoms with Gasteiger partial charge in [0.2, 0.25) is 5.71 Å². The molecule has 3 heterocycles. The first-order valence-electron chi connectivity index (χ1n) is 7.05. The highest BCUT2D eigenvalue weighted by molar-refractivity contribution is 6.31. The third-order valence-electron chi connectivity index (χ3n) is 3.82. The molecular weight excluding hydrogens is 296 g/mol. The van der Waals surface area contributed by atoms with Gasteiger partial charge in [-0.1, -0.05) is 23.7 Å². The topological polar surface area (TPSA) is 38.9 Å². The van der Waals surface area contributed by atoms with Crippen molar-refractivity contribution in [1.82, 2.24) is 9.97 Å². The van der Waals surface area contributed by atoms with Gasteiger partial charge in [0.1, 0.15) is 5.58 Å². The van der Waals surface area contributed by atoms with Crippen LogP contribution in [0.15, 0.2) is 47.0 Å². The summed E-state index contributed by atoms with van der Waals surface area (Å²) in [5.74, 6) is 0. The van der Waals surface area contributed by atoms with Crippen LogP contribution in [0.3, 0.4) is 0 Å². The molecule has 0 saturated heterocycles. The van der Waals surface area contributed by atoms with Crippen LogP contribution < -0.4 is 0 Å². The standard InChI is InChI=1S/C18H13ClN2O/c1-10-9-20-16(8-15(10)19)14-5-3-4-12-13-7-6-11(2)21-18(13)22-17(12)14/h3-9H,1-2H3. The van der Waals surface area contributed by atoms with Crippen LogP contribution in [0, 0.1) is 13.8 Å². The van der Waals surface area contributed by atoms with E-state index >= 15 is 0 Å². The number of aryl methyl sites for hydroxylation is 2. The van der Waals surface area contributed by atoms with Crippen molar-refractivity contribution in [3.8, 4) is 11.3 Å². The van der Waals surface area contributed by atoms with E-state index in [1.165, 1.54) is 0 Å². The molecule has 4 rings (SSSR count). The Kier molecular flexibility index (Phi) is 2.91. The van der Waals surface area contributed by atoms with Gasteiger partial charge in [-0.25, -0.2) is 4.98 Å². The molecule has 0 fully saturated rings. The first kappa shape index (κ1) is 13.3. The van der Waals surface area contributed by atoms with Crippen molar-refractivity contribution in [2.75, 3.05) is 0 Å². The van der Waals surface area contributed by atoms with E-state index in [1.54, 1.807) is 6.20 Å². The first-order valence-corrected chi connectivity index (χ1v) is 7.42. The van der Waals surface area contributed by atoms with Crippen LogP contribution in [-0.2, 0) is 0 Å². The summed E-state index contributed by atoms with van der Waals surface area (Å²) in [7, 11) is 0. The van der Waals surface area contributed by atoms with E-state index in [-0.39, 0.29) is 0 Å². The lowest BCUT2D eigenvalue weighted by Gasteiger charge is -2.04. The van der Waals surface area contributed by atoms with Gasteiger partial charge in [-0.3, -0.25) is 4.98 Å². The number of halogens is 1. The van der Waals surface area contributed by atoms with Gasteiger partial charge in [-0.05, 0) is 43.7 Å². The molecule has 0 amide bonds. The molecule has 1 aromatic carbocycles. The summed E-state index contributed by atoms with van der Waals surface area (Å²) in [6.45, 7) is 3.89. The minimum absolute atomic E-state index is 0.653. The molecule has 0 atom stereocenters. The van der Waals surface area contributed by atoms with Crippen molar-refractivity contribution in [2.45, 2.75) is 13.8 Å². The number of pyridine rings is 2. The fraction of sp³-hybridized carbons (Fsp3) is 0.111. The molecular formula is C18H13ClN2O. The van der Waals surface area contributed by atoms with Gasteiger partial charge in [-0.2, -0.15) is 0 Å². The van der Waals surface area contributed by atoms with Crippen LogP contribution >= 0.6 is 11.6 Å². The lowest BCUT2D eigenvalue weighted by atomic mass is 10.1. The monoisotopic (exact) mass is 308 g/mol. The minimum Gasteiger partial charge on any atom is -0.437 e. The highest BCUT2D eigenvalue weighted by atomic mass is 35.5. The maximum atomic E-state index is 6.23. The van der Waals surface area contributed by atoms with E-state index < -0.39 is 0 Å². The normalized spacial score (nSPS) is 11.4. The zero-order chi connectivity index (χ0) is 15.3. The van der Waals surface area contributed by atoms with E-state index in [0.717, 1.165) is 38.9 Å². The predicted molar refractivity (Wildman–Crippen MR) is 89.2 cm³/mol. The lowest BCUT2D eigenvalue weighted by Crippen LogP contribution is -1.86. The minimum atomic E-state index is 0.653. The molecule has 0 saturated carbocycles. The molecule has 0 bridgehead atoms. The number of nitrogens with zero attached hydrogens (tertiary/aromatic N) is 2. The Balaban J connectivity index is 2.05. The zero-order valence-electron chi connectivity index (χ0n) is 12.2. The van der Waals surface area contributed by atoms with Crippen LogP contribution in [0.25, 0.3) is 33.3 Å². The number of rotatable bonds is 1. The average Bonchev–Trinajstić information content (AvgIpc) is 2.87. The van der Waals surface area contributed by atoms with Gasteiger partial charge in [0, 0.05) is 33.2 Å². The van der Waals surface area contributed by atoms with Gasteiger partial charge >= 0.3 is 0 Å². The fourth-order valence-electron chi connectivity index (χ4n) is 2.62. The lowest BCUT2D eigenvalue weighted by molar-refractivity contribution is 0.653. The number of benzene rings is 1. The van der Waals surface area contributed by atoms with Gasteiger partial charge in [-0.15, -0.1) is 0 Å². The number of para-hydroxylation sites is 1. The molecule has 3 aromatic heterocycles. The molecule has 0 radical (unpaired) electrons. The SMILES string of the molecule is Cc1ccc2c(n1)oc1c(-c3cc(Cl)c(C)cn3)cccc12. The molecule has 0 aliphatic heterocycles. The summed E-state index contributed by atoms with van der Waals surface area (Å²) in [5.41, 5.74) is 5.07.